The summed E-state index contributed by atoms with van der Waals surface area (Å²) < 4.78 is 0. The maximum atomic E-state index is 9.68. The van der Waals surface area contributed by atoms with Crippen LogP contribution in [-0.2, 0) is 0 Å². The molecule has 1 aliphatic rings. The Bertz CT molecular complexity index is 258. The van der Waals surface area contributed by atoms with E-state index in [1.807, 2.05) is 19.1 Å². The van der Waals surface area contributed by atoms with Gasteiger partial charge < -0.3 is 5.11 Å². The van der Waals surface area contributed by atoms with Gasteiger partial charge in [-0.05, 0) is 38.5 Å². The van der Waals surface area contributed by atoms with Gasteiger partial charge in [-0.2, -0.15) is 0 Å². The third-order valence-electron chi connectivity index (χ3n) is 3.47. The maximum Gasteiger partial charge on any atom is 0.0757 e. The minimum atomic E-state index is -0.293. The van der Waals surface area contributed by atoms with Gasteiger partial charge in [0.15, 0.2) is 0 Å². The summed E-state index contributed by atoms with van der Waals surface area (Å²) in [5.41, 5.74) is 3.30. The standard InChI is InChI=1S/C13H22O/c1-5-6-12(14)9-11-7-8-13(3,4)10(11)2/h5-6,12,14H,7-9H2,1-4H3/b6-5+. The fourth-order valence-electron chi connectivity index (χ4n) is 2.11. The summed E-state index contributed by atoms with van der Waals surface area (Å²) in [6.07, 6.45) is 6.70. The Labute approximate surface area is 87.5 Å². The van der Waals surface area contributed by atoms with Crippen LogP contribution in [0, 0.1) is 5.41 Å². The highest BCUT2D eigenvalue weighted by Gasteiger charge is 2.29. The predicted octanol–water partition coefficient (Wildman–Crippen LogP) is 3.45. The van der Waals surface area contributed by atoms with Crippen molar-refractivity contribution in [2.75, 3.05) is 0 Å². The highest BCUT2D eigenvalue weighted by Crippen LogP contribution is 2.43. The fourth-order valence-corrected chi connectivity index (χ4v) is 2.11. The van der Waals surface area contributed by atoms with Gasteiger partial charge in [0.1, 0.15) is 0 Å². The lowest BCUT2D eigenvalue weighted by Crippen LogP contribution is -2.08. The Hall–Kier alpha value is -0.560. The summed E-state index contributed by atoms with van der Waals surface area (Å²) in [4.78, 5) is 0. The van der Waals surface area contributed by atoms with Crippen molar-refractivity contribution in [3.63, 3.8) is 0 Å². The first kappa shape index (κ1) is 11.5. The topological polar surface area (TPSA) is 20.2 Å². The normalized spacial score (nSPS) is 23.5. The molecule has 0 aromatic heterocycles. The minimum Gasteiger partial charge on any atom is -0.389 e. The Morgan fingerprint density at radius 1 is 1.50 bits per heavy atom. The SMILES string of the molecule is C/C=C/C(O)CC1=C(C)C(C)(C)CC1. The average Bonchev–Trinajstić information content (AvgIpc) is 2.33. The number of hydrogen-bond acceptors (Lipinski definition) is 1. The van der Waals surface area contributed by atoms with Gasteiger partial charge in [0.05, 0.1) is 6.10 Å². The summed E-state index contributed by atoms with van der Waals surface area (Å²) in [6, 6.07) is 0. The molecule has 1 atom stereocenters. The van der Waals surface area contributed by atoms with Gasteiger partial charge in [-0.1, -0.05) is 37.1 Å². The van der Waals surface area contributed by atoms with Crippen LogP contribution < -0.4 is 0 Å². The molecule has 0 heterocycles. The van der Waals surface area contributed by atoms with Gasteiger partial charge in [-0.25, -0.2) is 0 Å². The van der Waals surface area contributed by atoms with Crippen LogP contribution in [0.2, 0.25) is 0 Å². The Balaban J connectivity index is 2.66. The number of aliphatic hydroxyl groups excluding tert-OH is 1. The summed E-state index contributed by atoms with van der Waals surface area (Å²) in [7, 11) is 0. The molecule has 0 spiro atoms. The lowest BCUT2D eigenvalue weighted by molar-refractivity contribution is 0.222. The smallest absolute Gasteiger partial charge is 0.0757 e. The molecule has 0 radical (unpaired) electrons. The first-order valence-corrected chi connectivity index (χ1v) is 5.47. The van der Waals surface area contributed by atoms with E-state index in [9.17, 15) is 5.11 Å². The van der Waals surface area contributed by atoms with E-state index >= 15 is 0 Å². The molecule has 1 unspecified atom stereocenters. The Kier molecular flexibility index (Phi) is 3.54. The monoisotopic (exact) mass is 194 g/mol. The minimum absolute atomic E-state index is 0.293. The van der Waals surface area contributed by atoms with Crippen molar-refractivity contribution in [3.05, 3.63) is 23.3 Å². The summed E-state index contributed by atoms with van der Waals surface area (Å²) in [5, 5.41) is 9.68. The van der Waals surface area contributed by atoms with Crippen LogP contribution in [0.5, 0.6) is 0 Å². The van der Waals surface area contributed by atoms with Crippen molar-refractivity contribution in [2.24, 2.45) is 5.41 Å². The van der Waals surface area contributed by atoms with E-state index in [1.54, 1.807) is 0 Å². The van der Waals surface area contributed by atoms with Crippen LogP contribution >= 0.6 is 0 Å². The Morgan fingerprint density at radius 2 is 2.14 bits per heavy atom. The molecular weight excluding hydrogens is 172 g/mol. The zero-order chi connectivity index (χ0) is 10.8. The van der Waals surface area contributed by atoms with Crippen molar-refractivity contribution in [1.29, 1.82) is 0 Å². The van der Waals surface area contributed by atoms with Gasteiger partial charge in [0, 0.05) is 0 Å². The van der Waals surface area contributed by atoms with Crippen molar-refractivity contribution in [2.45, 2.75) is 53.1 Å². The van der Waals surface area contributed by atoms with E-state index < -0.39 is 0 Å². The molecule has 0 bridgehead atoms. The van der Waals surface area contributed by atoms with E-state index in [0.717, 1.165) is 12.8 Å². The van der Waals surface area contributed by atoms with Crippen molar-refractivity contribution in [1.82, 2.24) is 0 Å². The second kappa shape index (κ2) is 4.31. The van der Waals surface area contributed by atoms with Gasteiger partial charge in [0.25, 0.3) is 0 Å². The maximum absolute atomic E-state index is 9.68. The molecule has 0 saturated carbocycles. The molecule has 1 aliphatic carbocycles. The first-order valence-electron chi connectivity index (χ1n) is 5.47. The third-order valence-corrected chi connectivity index (χ3v) is 3.47. The zero-order valence-corrected chi connectivity index (χ0v) is 9.80. The second-order valence-electron chi connectivity index (χ2n) is 4.91. The van der Waals surface area contributed by atoms with Crippen LogP contribution in [0.4, 0.5) is 0 Å². The van der Waals surface area contributed by atoms with E-state index in [0.29, 0.717) is 5.41 Å². The highest BCUT2D eigenvalue weighted by molar-refractivity contribution is 5.25. The van der Waals surface area contributed by atoms with Crippen LogP contribution in [0.15, 0.2) is 23.3 Å². The molecule has 0 saturated heterocycles. The quantitative estimate of drug-likeness (QED) is 0.682. The van der Waals surface area contributed by atoms with E-state index in [1.165, 1.54) is 17.6 Å². The van der Waals surface area contributed by atoms with Gasteiger partial charge in [-0.15, -0.1) is 0 Å². The van der Waals surface area contributed by atoms with Gasteiger partial charge in [-0.3, -0.25) is 0 Å². The van der Waals surface area contributed by atoms with Gasteiger partial charge >= 0.3 is 0 Å². The number of allylic oxidation sites excluding steroid dienone is 2. The molecule has 1 N–H and O–H groups in total. The third kappa shape index (κ3) is 2.48. The van der Waals surface area contributed by atoms with Crippen molar-refractivity contribution < 1.29 is 5.11 Å². The van der Waals surface area contributed by atoms with Crippen LogP contribution in [0.25, 0.3) is 0 Å². The summed E-state index contributed by atoms with van der Waals surface area (Å²) >= 11 is 0. The second-order valence-corrected chi connectivity index (χ2v) is 4.91. The average molecular weight is 194 g/mol. The van der Waals surface area contributed by atoms with Crippen molar-refractivity contribution >= 4 is 0 Å². The molecule has 80 valence electrons. The molecule has 0 aromatic carbocycles. The van der Waals surface area contributed by atoms with E-state index in [4.69, 9.17) is 0 Å². The summed E-state index contributed by atoms with van der Waals surface area (Å²) in [5.74, 6) is 0. The van der Waals surface area contributed by atoms with E-state index in [-0.39, 0.29) is 6.10 Å². The molecule has 1 heteroatoms. The lowest BCUT2D eigenvalue weighted by Gasteiger charge is -2.19. The molecule has 0 amide bonds. The number of hydrogen-bond donors (Lipinski definition) is 1. The number of rotatable bonds is 3. The molecular formula is C13H22O. The molecule has 0 aliphatic heterocycles. The molecule has 0 fully saturated rings. The summed E-state index contributed by atoms with van der Waals surface area (Å²) in [6.45, 7) is 8.74. The van der Waals surface area contributed by atoms with Crippen LogP contribution in [0.3, 0.4) is 0 Å². The van der Waals surface area contributed by atoms with Gasteiger partial charge in [0.2, 0.25) is 0 Å². The Morgan fingerprint density at radius 3 is 2.57 bits per heavy atom. The van der Waals surface area contributed by atoms with Crippen LogP contribution in [-0.4, -0.2) is 11.2 Å². The molecule has 1 nitrogen and oxygen atoms in total. The lowest BCUT2D eigenvalue weighted by atomic mass is 9.86. The van der Waals surface area contributed by atoms with E-state index in [2.05, 4.69) is 20.8 Å². The van der Waals surface area contributed by atoms with Crippen LogP contribution in [0.1, 0.15) is 47.0 Å². The first-order chi connectivity index (χ1) is 6.47. The largest absolute Gasteiger partial charge is 0.389 e. The number of aliphatic hydroxyl groups is 1. The molecule has 1 rings (SSSR count). The highest BCUT2D eigenvalue weighted by atomic mass is 16.3. The zero-order valence-electron chi connectivity index (χ0n) is 9.80. The van der Waals surface area contributed by atoms with Crippen molar-refractivity contribution in [3.8, 4) is 0 Å². The predicted molar refractivity (Wildman–Crippen MR) is 61.2 cm³/mol. The molecule has 0 aromatic rings. The molecule has 14 heavy (non-hydrogen) atoms. The fraction of sp³-hybridized carbons (Fsp3) is 0.692.